The van der Waals surface area contributed by atoms with Crippen molar-refractivity contribution in [3.8, 4) is 0 Å². The van der Waals surface area contributed by atoms with E-state index in [0.29, 0.717) is 12.6 Å². The number of ether oxygens (including phenoxy) is 1. The highest BCUT2D eigenvalue weighted by Crippen LogP contribution is 2.29. The van der Waals surface area contributed by atoms with Gasteiger partial charge >= 0.3 is 5.97 Å². The first-order valence-electron chi connectivity index (χ1n) is 6.61. The second-order valence-corrected chi connectivity index (χ2v) is 5.34. The number of carbonyl (C=O) groups is 1. The fraction of sp³-hybridized carbons (Fsp3) is 0.692. The minimum atomic E-state index is -0.192. The highest BCUT2D eigenvalue weighted by molar-refractivity contribution is 7.13. The van der Waals surface area contributed by atoms with Crippen molar-refractivity contribution in [2.75, 3.05) is 18.1 Å². The average Bonchev–Trinajstić information content (AvgIpc) is 2.96. The molecule has 1 aliphatic heterocycles. The molecule has 0 spiro atoms. The van der Waals surface area contributed by atoms with Gasteiger partial charge in [0.15, 0.2) is 5.13 Å². The zero-order valence-electron chi connectivity index (χ0n) is 11.0. The summed E-state index contributed by atoms with van der Waals surface area (Å²) in [4.78, 5) is 18.3. The maximum atomic E-state index is 11.4. The third-order valence-corrected chi connectivity index (χ3v) is 4.19. The van der Waals surface area contributed by atoms with E-state index in [4.69, 9.17) is 4.74 Å². The van der Waals surface area contributed by atoms with Crippen LogP contribution in [-0.2, 0) is 16.0 Å². The lowest BCUT2D eigenvalue weighted by Crippen LogP contribution is -2.28. The largest absolute Gasteiger partial charge is 0.466 e. The van der Waals surface area contributed by atoms with Crippen LogP contribution in [-0.4, -0.2) is 30.1 Å². The summed E-state index contributed by atoms with van der Waals surface area (Å²) in [7, 11) is 0. The molecule has 1 aliphatic rings. The Morgan fingerprint density at radius 3 is 3.17 bits per heavy atom. The first-order chi connectivity index (χ1) is 8.74. The van der Waals surface area contributed by atoms with E-state index in [2.05, 4.69) is 16.8 Å². The van der Waals surface area contributed by atoms with Gasteiger partial charge in [-0.25, -0.2) is 4.98 Å². The predicted octanol–water partition coefficient (Wildman–Crippen LogP) is 2.63. The Hall–Kier alpha value is -1.10. The smallest absolute Gasteiger partial charge is 0.311 e. The lowest BCUT2D eigenvalue weighted by Gasteiger charge is -2.22. The van der Waals surface area contributed by atoms with Gasteiger partial charge in [0.2, 0.25) is 0 Å². The van der Waals surface area contributed by atoms with Crippen LogP contribution < -0.4 is 4.90 Å². The van der Waals surface area contributed by atoms with Gasteiger partial charge in [0.1, 0.15) is 0 Å². The van der Waals surface area contributed by atoms with Crippen LogP contribution in [0, 0.1) is 0 Å². The van der Waals surface area contributed by atoms with E-state index in [1.165, 1.54) is 12.8 Å². The van der Waals surface area contributed by atoms with Crippen molar-refractivity contribution in [1.29, 1.82) is 0 Å². The van der Waals surface area contributed by atoms with Crippen LogP contribution in [0.25, 0.3) is 0 Å². The number of aromatic nitrogens is 1. The lowest BCUT2D eigenvalue weighted by molar-refractivity contribution is -0.142. The van der Waals surface area contributed by atoms with Crippen molar-refractivity contribution in [3.63, 3.8) is 0 Å². The molecule has 1 fully saturated rings. The number of carbonyl (C=O) groups excluding carboxylic acids is 1. The normalized spacial score (nSPS) is 19.2. The number of hydrogen-bond donors (Lipinski definition) is 0. The molecule has 4 nitrogen and oxygen atoms in total. The van der Waals surface area contributed by atoms with E-state index >= 15 is 0 Å². The molecule has 1 saturated heterocycles. The summed E-state index contributed by atoms with van der Waals surface area (Å²) in [6.07, 6.45) is 3.94. The highest BCUT2D eigenvalue weighted by Gasteiger charge is 2.25. The molecule has 5 heteroatoms. The van der Waals surface area contributed by atoms with Crippen molar-refractivity contribution in [1.82, 2.24) is 4.98 Å². The maximum absolute atomic E-state index is 11.4. The van der Waals surface area contributed by atoms with Gasteiger partial charge in [0.05, 0.1) is 18.7 Å². The van der Waals surface area contributed by atoms with Gasteiger partial charge in [0, 0.05) is 18.0 Å². The number of hydrogen-bond acceptors (Lipinski definition) is 5. The first-order valence-corrected chi connectivity index (χ1v) is 7.49. The molecule has 0 saturated carbocycles. The van der Waals surface area contributed by atoms with Crippen LogP contribution >= 0.6 is 11.3 Å². The number of esters is 1. The number of thiazole rings is 1. The molecule has 0 aromatic carbocycles. The summed E-state index contributed by atoms with van der Waals surface area (Å²) in [5, 5.41) is 3.02. The van der Waals surface area contributed by atoms with Crippen molar-refractivity contribution >= 4 is 22.4 Å². The molecule has 2 heterocycles. The third kappa shape index (κ3) is 3.02. The van der Waals surface area contributed by atoms with E-state index in [1.807, 2.05) is 12.3 Å². The molecule has 100 valence electrons. The highest BCUT2D eigenvalue weighted by atomic mass is 32.1. The van der Waals surface area contributed by atoms with Gasteiger partial charge in [-0.15, -0.1) is 11.3 Å². The van der Waals surface area contributed by atoms with Gasteiger partial charge in [0.25, 0.3) is 0 Å². The Balaban J connectivity index is 1.99. The molecule has 0 amide bonds. The Labute approximate surface area is 112 Å². The Bertz CT molecular complexity index is 405. The molecule has 1 aromatic heterocycles. The molecular formula is C13H20N2O2S. The van der Waals surface area contributed by atoms with Crippen LogP contribution in [0.3, 0.4) is 0 Å². The monoisotopic (exact) mass is 268 g/mol. The van der Waals surface area contributed by atoms with Crippen molar-refractivity contribution < 1.29 is 9.53 Å². The van der Waals surface area contributed by atoms with E-state index in [9.17, 15) is 4.79 Å². The Morgan fingerprint density at radius 2 is 2.44 bits per heavy atom. The van der Waals surface area contributed by atoms with Crippen LogP contribution in [0.2, 0.25) is 0 Å². The van der Waals surface area contributed by atoms with Gasteiger partial charge < -0.3 is 9.64 Å². The second kappa shape index (κ2) is 6.18. The van der Waals surface area contributed by atoms with Crippen LogP contribution in [0.4, 0.5) is 5.13 Å². The van der Waals surface area contributed by atoms with Crippen molar-refractivity contribution in [3.05, 3.63) is 11.1 Å². The first kappa shape index (κ1) is 13.3. The SMILES string of the molecule is CCOC(=O)Cc1csc(N2CCCC2CC)n1. The summed E-state index contributed by atoms with van der Waals surface area (Å²) in [5.41, 5.74) is 0.829. The molecule has 2 rings (SSSR count). The van der Waals surface area contributed by atoms with Gasteiger partial charge in [-0.2, -0.15) is 0 Å². The van der Waals surface area contributed by atoms with Crippen LogP contribution in [0.1, 0.15) is 38.8 Å². The summed E-state index contributed by atoms with van der Waals surface area (Å²) in [6, 6.07) is 0.617. The minimum Gasteiger partial charge on any atom is -0.466 e. The molecule has 1 unspecified atom stereocenters. The maximum Gasteiger partial charge on any atom is 0.311 e. The average molecular weight is 268 g/mol. The molecular weight excluding hydrogens is 248 g/mol. The third-order valence-electron chi connectivity index (χ3n) is 3.26. The standard InChI is InChI=1S/C13H20N2O2S/c1-3-11-6-5-7-15(11)13-14-10(9-18-13)8-12(16)17-4-2/h9,11H,3-8H2,1-2H3. The zero-order valence-corrected chi connectivity index (χ0v) is 11.8. The van der Waals surface area contributed by atoms with Gasteiger partial charge in [-0.3, -0.25) is 4.79 Å². The lowest BCUT2D eigenvalue weighted by atomic mass is 10.2. The molecule has 0 N–H and O–H groups in total. The van der Waals surface area contributed by atoms with E-state index in [1.54, 1.807) is 11.3 Å². The summed E-state index contributed by atoms with van der Waals surface area (Å²) < 4.78 is 4.93. The number of anilines is 1. The van der Waals surface area contributed by atoms with Gasteiger partial charge in [-0.1, -0.05) is 6.92 Å². The number of nitrogens with zero attached hydrogens (tertiary/aromatic N) is 2. The Kier molecular flexibility index (Phi) is 4.58. The molecule has 0 aliphatic carbocycles. The van der Waals surface area contributed by atoms with E-state index in [-0.39, 0.29) is 12.4 Å². The van der Waals surface area contributed by atoms with E-state index < -0.39 is 0 Å². The second-order valence-electron chi connectivity index (χ2n) is 4.50. The zero-order chi connectivity index (χ0) is 13.0. The molecule has 1 atom stereocenters. The fourth-order valence-corrected chi connectivity index (χ4v) is 3.30. The fourth-order valence-electron chi connectivity index (χ4n) is 2.38. The molecule has 1 aromatic rings. The van der Waals surface area contributed by atoms with Crippen LogP contribution in [0.5, 0.6) is 0 Å². The predicted molar refractivity (Wildman–Crippen MR) is 73.1 cm³/mol. The topological polar surface area (TPSA) is 42.4 Å². The van der Waals surface area contributed by atoms with Gasteiger partial charge in [-0.05, 0) is 26.2 Å². The summed E-state index contributed by atoms with van der Waals surface area (Å²) >= 11 is 1.63. The summed E-state index contributed by atoms with van der Waals surface area (Å²) in [6.45, 7) is 5.56. The van der Waals surface area contributed by atoms with Crippen LogP contribution in [0.15, 0.2) is 5.38 Å². The Morgan fingerprint density at radius 1 is 1.61 bits per heavy atom. The molecule has 0 radical (unpaired) electrons. The summed E-state index contributed by atoms with van der Waals surface area (Å²) in [5.74, 6) is -0.192. The number of rotatable bonds is 5. The van der Waals surface area contributed by atoms with Crippen molar-refractivity contribution in [2.24, 2.45) is 0 Å². The quantitative estimate of drug-likeness (QED) is 0.770. The molecule has 18 heavy (non-hydrogen) atoms. The molecule has 0 bridgehead atoms. The van der Waals surface area contributed by atoms with Crippen molar-refractivity contribution in [2.45, 2.75) is 45.6 Å². The van der Waals surface area contributed by atoms with E-state index in [0.717, 1.165) is 23.8 Å². The minimum absolute atomic E-state index is 0.192.